The molecule has 0 N–H and O–H groups in total. The SMILES string of the molecule is CCCCCCCCCCCCC/C=C/C[N+](C)(C)C. The van der Waals surface area contributed by atoms with Gasteiger partial charge in [-0.05, 0) is 18.9 Å². The lowest BCUT2D eigenvalue weighted by Crippen LogP contribution is -2.34. The summed E-state index contributed by atoms with van der Waals surface area (Å²) in [6, 6.07) is 0. The first-order valence-corrected chi connectivity index (χ1v) is 9.01. The Hall–Kier alpha value is -0.300. The molecule has 0 heterocycles. The summed E-state index contributed by atoms with van der Waals surface area (Å²) < 4.78 is 1.04. The van der Waals surface area contributed by atoms with Crippen LogP contribution >= 0.6 is 0 Å². The minimum Gasteiger partial charge on any atom is -0.328 e. The fourth-order valence-corrected chi connectivity index (χ4v) is 2.44. The van der Waals surface area contributed by atoms with Crippen LogP contribution in [0.15, 0.2) is 12.2 Å². The van der Waals surface area contributed by atoms with Crippen LogP contribution in [0.1, 0.15) is 84.0 Å². The molecule has 0 fully saturated rings. The first-order chi connectivity index (χ1) is 9.56. The van der Waals surface area contributed by atoms with E-state index in [0.29, 0.717) is 0 Å². The van der Waals surface area contributed by atoms with Gasteiger partial charge in [-0.2, -0.15) is 0 Å². The van der Waals surface area contributed by atoms with Gasteiger partial charge in [0.1, 0.15) is 0 Å². The Morgan fingerprint density at radius 2 is 1.05 bits per heavy atom. The van der Waals surface area contributed by atoms with E-state index >= 15 is 0 Å². The lowest BCUT2D eigenvalue weighted by Gasteiger charge is -2.21. The topological polar surface area (TPSA) is 0 Å². The third-order valence-electron chi connectivity index (χ3n) is 3.79. The molecule has 0 amide bonds. The summed E-state index contributed by atoms with van der Waals surface area (Å²) in [6.07, 6.45) is 21.8. The maximum atomic E-state index is 2.37. The Morgan fingerprint density at radius 3 is 1.50 bits per heavy atom. The van der Waals surface area contributed by atoms with Crippen LogP contribution < -0.4 is 0 Å². The van der Waals surface area contributed by atoms with E-state index in [1.165, 1.54) is 77.0 Å². The highest BCUT2D eigenvalue weighted by Crippen LogP contribution is 2.12. The molecule has 1 nitrogen and oxygen atoms in total. The maximum Gasteiger partial charge on any atom is 0.0967 e. The number of rotatable bonds is 14. The Bertz CT molecular complexity index is 212. The van der Waals surface area contributed by atoms with Crippen molar-refractivity contribution in [3.05, 3.63) is 12.2 Å². The van der Waals surface area contributed by atoms with Gasteiger partial charge in [0.25, 0.3) is 0 Å². The zero-order valence-corrected chi connectivity index (χ0v) is 14.8. The Labute approximate surface area is 129 Å². The summed E-state index contributed by atoms with van der Waals surface area (Å²) in [5.41, 5.74) is 0. The minimum atomic E-state index is 1.04. The number of unbranched alkanes of at least 4 members (excludes halogenated alkanes) is 11. The zero-order chi connectivity index (χ0) is 15.1. The molecule has 20 heavy (non-hydrogen) atoms. The number of hydrogen-bond donors (Lipinski definition) is 0. The number of nitrogens with zero attached hydrogens (tertiary/aromatic N) is 1. The second kappa shape index (κ2) is 13.7. The molecule has 0 aromatic rings. The maximum absolute atomic E-state index is 2.37. The van der Waals surface area contributed by atoms with Crippen LogP contribution in [0.3, 0.4) is 0 Å². The van der Waals surface area contributed by atoms with Gasteiger partial charge in [0.05, 0.1) is 27.7 Å². The Kier molecular flexibility index (Phi) is 13.5. The highest BCUT2D eigenvalue weighted by Gasteiger charge is 2.01. The number of allylic oxidation sites excluding steroid dienone is 1. The van der Waals surface area contributed by atoms with Gasteiger partial charge in [-0.25, -0.2) is 0 Å². The van der Waals surface area contributed by atoms with Crippen molar-refractivity contribution in [1.82, 2.24) is 0 Å². The van der Waals surface area contributed by atoms with Crippen LogP contribution in [-0.4, -0.2) is 32.2 Å². The molecule has 0 atom stereocenters. The van der Waals surface area contributed by atoms with E-state index in [9.17, 15) is 0 Å². The van der Waals surface area contributed by atoms with Gasteiger partial charge in [0, 0.05) is 0 Å². The van der Waals surface area contributed by atoms with Crippen molar-refractivity contribution in [2.45, 2.75) is 84.0 Å². The van der Waals surface area contributed by atoms with E-state index in [2.05, 4.69) is 40.2 Å². The quantitative estimate of drug-likeness (QED) is 0.210. The third kappa shape index (κ3) is 17.7. The second-order valence-corrected chi connectivity index (χ2v) is 7.27. The summed E-state index contributed by atoms with van der Waals surface area (Å²) in [7, 11) is 6.73. The highest BCUT2D eigenvalue weighted by atomic mass is 15.3. The first-order valence-electron chi connectivity index (χ1n) is 9.01. The smallest absolute Gasteiger partial charge is 0.0967 e. The molecule has 0 spiro atoms. The van der Waals surface area contributed by atoms with Crippen molar-refractivity contribution in [2.24, 2.45) is 0 Å². The Morgan fingerprint density at radius 1 is 0.600 bits per heavy atom. The molecule has 0 aromatic heterocycles. The van der Waals surface area contributed by atoms with Gasteiger partial charge in [-0.15, -0.1) is 0 Å². The van der Waals surface area contributed by atoms with E-state index in [1.54, 1.807) is 0 Å². The van der Waals surface area contributed by atoms with Crippen molar-refractivity contribution >= 4 is 0 Å². The van der Waals surface area contributed by atoms with Crippen LogP contribution in [0.25, 0.3) is 0 Å². The van der Waals surface area contributed by atoms with Gasteiger partial charge in [0.2, 0.25) is 0 Å². The number of hydrogen-bond acceptors (Lipinski definition) is 0. The van der Waals surface area contributed by atoms with Crippen LogP contribution in [0.2, 0.25) is 0 Å². The molecule has 0 saturated heterocycles. The molecule has 0 aliphatic rings. The number of quaternary nitrogens is 1. The molecular formula is C19H40N+. The number of likely N-dealkylation sites (N-methyl/N-ethyl adjacent to an activating group) is 1. The van der Waals surface area contributed by atoms with Crippen molar-refractivity contribution in [2.75, 3.05) is 27.7 Å². The first kappa shape index (κ1) is 19.7. The summed E-state index contributed by atoms with van der Waals surface area (Å²) in [4.78, 5) is 0. The molecule has 0 unspecified atom stereocenters. The predicted molar refractivity (Wildman–Crippen MR) is 93.1 cm³/mol. The van der Waals surface area contributed by atoms with Gasteiger partial charge < -0.3 is 4.48 Å². The van der Waals surface area contributed by atoms with E-state index in [1.807, 2.05) is 0 Å². The molecule has 0 aromatic carbocycles. The highest BCUT2D eigenvalue weighted by molar-refractivity contribution is 4.81. The molecule has 1 heteroatoms. The lowest BCUT2D eigenvalue weighted by molar-refractivity contribution is -0.864. The monoisotopic (exact) mass is 282 g/mol. The minimum absolute atomic E-state index is 1.04. The van der Waals surface area contributed by atoms with Crippen LogP contribution in [-0.2, 0) is 0 Å². The third-order valence-corrected chi connectivity index (χ3v) is 3.79. The van der Waals surface area contributed by atoms with Crippen molar-refractivity contribution in [3.63, 3.8) is 0 Å². The van der Waals surface area contributed by atoms with Crippen molar-refractivity contribution in [1.29, 1.82) is 0 Å². The van der Waals surface area contributed by atoms with Gasteiger partial charge in [-0.3, -0.25) is 0 Å². The largest absolute Gasteiger partial charge is 0.328 e. The molecule has 0 aliphatic heterocycles. The summed E-state index contributed by atoms with van der Waals surface area (Å²) in [5, 5.41) is 0. The van der Waals surface area contributed by atoms with Gasteiger partial charge in [0.15, 0.2) is 0 Å². The lowest BCUT2D eigenvalue weighted by atomic mass is 10.1. The summed E-state index contributed by atoms with van der Waals surface area (Å²) >= 11 is 0. The van der Waals surface area contributed by atoms with Crippen molar-refractivity contribution in [3.8, 4) is 0 Å². The van der Waals surface area contributed by atoms with Crippen molar-refractivity contribution < 1.29 is 4.48 Å². The molecule has 120 valence electrons. The Balaban J connectivity index is 3.10. The van der Waals surface area contributed by atoms with Gasteiger partial charge in [-0.1, -0.05) is 77.2 Å². The average molecular weight is 283 g/mol. The van der Waals surface area contributed by atoms with E-state index in [4.69, 9.17) is 0 Å². The van der Waals surface area contributed by atoms with E-state index < -0.39 is 0 Å². The van der Waals surface area contributed by atoms with Crippen LogP contribution in [0.4, 0.5) is 0 Å². The van der Waals surface area contributed by atoms with E-state index in [-0.39, 0.29) is 0 Å². The van der Waals surface area contributed by atoms with Crippen LogP contribution in [0.5, 0.6) is 0 Å². The van der Waals surface area contributed by atoms with Crippen LogP contribution in [0, 0.1) is 0 Å². The summed E-state index contributed by atoms with van der Waals surface area (Å²) in [6.45, 7) is 3.44. The van der Waals surface area contributed by atoms with Gasteiger partial charge >= 0.3 is 0 Å². The standard InChI is InChI=1S/C19H40N/c1-5-6-7-8-9-10-11-12-13-14-15-16-17-18-19-20(2,3)4/h17-18H,5-16,19H2,1-4H3/q+1/b18-17+. The molecule has 0 rings (SSSR count). The zero-order valence-electron chi connectivity index (χ0n) is 14.8. The molecule has 0 bridgehead atoms. The fourth-order valence-electron chi connectivity index (χ4n) is 2.44. The molecule has 0 radical (unpaired) electrons. The molecular weight excluding hydrogens is 242 g/mol. The normalized spacial score (nSPS) is 12.4. The molecule has 0 aliphatic carbocycles. The molecule has 0 saturated carbocycles. The predicted octanol–water partition coefficient (Wildman–Crippen LogP) is 5.95. The summed E-state index contributed by atoms with van der Waals surface area (Å²) in [5.74, 6) is 0. The van der Waals surface area contributed by atoms with E-state index in [0.717, 1.165) is 11.0 Å². The fraction of sp³-hybridized carbons (Fsp3) is 0.895. The second-order valence-electron chi connectivity index (χ2n) is 7.27. The average Bonchev–Trinajstić information content (AvgIpc) is 2.38.